The van der Waals surface area contributed by atoms with Gasteiger partial charge in [-0.25, -0.2) is 19.2 Å². The number of Topliss-reactive ketones (excluding diaryl/α,β-unsaturated/α-hetero) is 2. The van der Waals surface area contributed by atoms with E-state index in [9.17, 15) is 38.4 Å². The fraction of sp³-hybridized carbons (Fsp3) is 0.592. The van der Waals surface area contributed by atoms with Crippen LogP contribution in [0.2, 0.25) is 0 Å². The first kappa shape index (κ1) is 48.7. The molecule has 2 aliphatic carbocycles. The number of methoxy groups -OCH3 is 2. The van der Waals surface area contributed by atoms with Crippen molar-refractivity contribution in [3.63, 3.8) is 0 Å². The van der Waals surface area contributed by atoms with Crippen LogP contribution >= 0.6 is 0 Å². The molecule has 1 saturated carbocycles. The van der Waals surface area contributed by atoms with Crippen LogP contribution in [0.15, 0.2) is 36.4 Å². The Hall–Kier alpha value is -5.80. The number of hydrogen-bond donors (Lipinski definition) is 2. The average Bonchev–Trinajstić information content (AvgIpc) is 3.94. The molecule has 0 bridgehead atoms. The number of esters is 2. The van der Waals surface area contributed by atoms with Crippen molar-refractivity contribution >= 4 is 47.5 Å². The van der Waals surface area contributed by atoms with Gasteiger partial charge >= 0.3 is 24.1 Å². The molecule has 0 unspecified atom stereocenters. The van der Waals surface area contributed by atoms with Gasteiger partial charge in [-0.3, -0.25) is 19.2 Å². The number of carbonyl (C=O) groups is 8. The summed E-state index contributed by atoms with van der Waals surface area (Å²) >= 11 is 0. The summed E-state index contributed by atoms with van der Waals surface area (Å²) in [5.74, 6) is -3.43. The van der Waals surface area contributed by atoms with Crippen molar-refractivity contribution < 1.29 is 57.3 Å². The molecule has 16 nitrogen and oxygen atoms in total. The van der Waals surface area contributed by atoms with Gasteiger partial charge in [0.15, 0.2) is 19.0 Å². The van der Waals surface area contributed by atoms with Crippen molar-refractivity contribution in [2.45, 2.75) is 129 Å². The molecule has 16 heteroatoms. The van der Waals surface area contributed by atoms with Crippen molar-refractivity contribution in [1.82, 2.24) is 20.4 Å². The van der Waals surface area contributed by atoms with Crippen LogP contribution in [0, 0.1) is 17.3 Å². The summed E-state index contributed by atoms with van der Waals surface area (Å²) in [5.41, 5.74) is 4.69. The largest absolute Gasteiger partial charge is 0.456 e. The van der Waals surface area contributed by atoms with Crippen molar-refractivity contribution in [3.05, 3.63) is 58.7 Å². The minimum Gasteiger partial charge on any atom is -0.456 e. The van der Waals surface area contributed by atoms with E-state index in [1.54, 1.807) is 45.9 Å². The predicted octanol–water partition coefficient (Wildman–Crippen LogP) is 5.99. The number of amides is 4. The molecular formula is C49H64N4O12. The van der Waals surface area contributed by atoms with Crippen molar-refractivity contribution in [2.75, 3.05) is 40.5 Å². The molecule has 2 saturated heterocycles. The molecule has 352 valence electrons. The molecule has 2 aromatic rings. The molecule has 4 aliphatic rings. The van der Waals surface area contributed by atoms with Gasteiger partial charge in [0.1, 0.15) is 24.2 Å². The van der Waals surface area contributed by atoms with E-state index in [4.69, 9.17) is 18.9 Å². The first-order valence-electron chi connectivity index (χ1n) is 23.0. The van der Waals surface area contributed by atoms with Gasteiger partial charge in [-0.2, -0.15) is 0 Å². The van der Waals surface area contributed by atoms with Crippen LogP contribution in [-0.4, -0.2) is 122 Å². The number of ketones is 2. The van der Waals surface area contributed by atoms with E-state index in [0.717, 1.165) is 60.8 Å². The number of carbonyl (C=O) groups excluding carboxylic acids is 8. The highest BCUT2D eigenvalue weighted by Crippen LogP contribution is 2.51. The van der Waals surface area contributed by atoms with E-state index in [1.807, 2.05) is 18.2 Å². The van der Waals surface area contributed by atoms with Crippen LogP contribution in [0.3, 0.4) is 0 Å². The van der Waals surface area contributed by atoms with Gasteiger partial charge in [-0.15, -0.1) is 0 Å². The summed E-state index contributed by atoms with van der Waals surface area (Å²) in [6, 6.07) is 7.18. The monoisotopic (exact) mass is 900 g/mol. The standard InChI is InChI=1S/C49H64N4O12/c1-29(2)41(50-47(60)62-5)43(56)52-23-11-7-13-37(52)45(58)64-27-39(54)32-17-15-31(16-18-32)33-19-20-34(36-26-49(25-35(33)36)21-9-10-22-49)40(55)28-65-46(59)38-14-8-12-24-53(38)44(57)42(30(3)4)51-48(61)63-6/h15-20,29-30,37-38,41-42H,7-14,21-28H2,1-6H3,(H,50,60)(H,51,61)/t37-,38-,41-,42-/m0/s1. The first-order chi connectivity index (χ1) is 31.1. The highest BCUT2D eigenvalue weighted by molar-refractivity contribution is 6.02. The Morgan fingerprint density at radius 2 is 1.09 bits per heavy atom. The molecule has 0 radical (unpaired) electrons. The van der Waals surface area contributed by atoms with Crippen LogP contribution in [0.4, 0.5) is 9.59 Å². The number of piperidine rings is 2. The Bertz CT molecular complexity index is 2130. The lowest BCUT2D eigenvalue weighted by Gasteiger charge is -2.37. The molecular weight excluding hydrogens is 837 g/mol. The van der Waals surface area contributed by atoms with Crippen LogP contribution in [0.5, 0.6) is 0 Å². The Balaban J connectivity index is 1.12. The summed E-state index contributed by atoms with van der Waals surface area (Å²) in [5, 5.41) is 5.15. The van der Waals surface area contributed by atoms with Gasteiger partial charge in [0, 0.05) is 24.2 Å². The minimum atomic E-state index is -0.899. The number of alkyl carbamates (subject to hydrolysis) is 2. The predicted molar refractivity (Wildman–Crippen MR) is 238 cm³/mol. The van der Waals surface area contributed by atoms with E-state index < -0.39 is 79.1 Å². The van der Waals surface area contributed by atoms with Crippen molar-refractivity contribution in [2.24, 2.45) is 17.3 Å². The van der Waals surface area contributed by atoms with E-state index in [0.29, 0.717) is 62.7 Å². The van der Waals surface area contributed by atoms with Crippen LogP contribution in [0.25, 0.3) is 11.1 Å². The van der Waals surface area contributed by atoms with E-state index in [1.165, 1.54) is 24.0 Å². The highest BCUT2D eigenvalue weighted by Gasteiger charge is 2.43. The van der Waals surface area contributed by atoms with Crippen molar-refractivity contribution in [1.29, 1.82) is 0 Å². The summed E-state index contributed by atoms with van der Waals surface area (Å²) in [4.78, 5) is 108. The fourth-order valence-electron chi connectivity index (χ4n) is 10.0. The second-order valence-electron chi connectivity index (χ2n) is 18.6. The Morgan fingerprint density at radius 1 is 0.615 bits per heavy atom. The third kappa shape index (κ3) is 11.2. The zero-order valence-corrected chi connectivity index (χ0v) is 38.5. The second-order valence-corrected chi connectivity index (χ2v) is 18.6. The quantitative estimate of drug-likeness (QED) is 0.120. The minimum absolute atomic E-state index is 0.0319. The molecule has 4 atom stereocenters. The zero-order valence-electron chi connectivity index (χ0n) is 38.5. The molecule has 2 heterocycles. The summed E-state index contributed by atoms with van der Waals surface area (Å²) in [7, 11) is 2.43. The summed E-state index contributed by atoms with van der Waals surface area (Å²) in [6.07, 6.45) is 7.86. The normalized spacial score (nSPS) is 19.8. The maximum Gasteiger partial charge on any atom is 0.407 e. The second kappa shape index (κ2) is 21.5. The molecule has 0 aromatic heterocycles. The van der Waals surface area contributed by atoms with Gasteiger partial charge in [0.2, 0.25) is 17.6 Å². The SMILES string of the molecule is COC(=O)N[C@H](C(=O)N1CCCC[C@H]1C(=O)OCC(=O)c1ccc(-c2ccc(C(=O)COC(=O)[C@@H]3CCCCN3C(=O)[C@@H](NC(=O)OC)C(C)C)c3c2CC2(CCCC2)C3)cc1)C(C)C. The topological polar surface area (TPSA) is 204 Å². The number of likely N-dealkylation sites (tertiary alicyclic amines) is 2. The third-order valence-corrected chi connectivity index (χ3v) is 13.6. The smallest absolute Gasteiger partial charge is 0.407 e. The lowest BCUT2D eigenvalue weighted by atomic mass is 9.82. The lowest BCUT2D eigenvalue weighted by molar-refractivity contribution is -0.157. The van der Waals surface area contributed by atoms with E-state index in [2.05, 4.69) is 10.6 Å². The van der Waals surface area contributed by atoms with Gasteiger partial charge in [-0.05, 0) is 104 Å². The van der Waals surface area contributed by atoms with Gasteiger partial charge in [0.25, 0.3) is 0 Å². The summed E-state index contributed by atoms with van der Waals surface area (Å²) in [6.45, 7) is 6.81. The maximum absolute atomic E-state index is 14.0. The van der Waals surface area contributed by atoms with Crippen molar-refractivity contribution in [3.8, 4) is 11.1 Å². The van der Waals surface area contributed by atoms with E-state index in [-0.39, 0.29) is 23.0 Å². The molecule has 2 aromatic carbocycles. The highest BCUT2D eigenvalue weighted by atomic mass is 16.6. The first-order valence-corrected chi connectivity index (χ1v) is 23.0. The summed E-state index contributed by atoms with van der Waals surface area (Å²) < 4.78 is 20.6. The molecule has 4 amide bonds. The van der Waals surface area contributed by atoms with E-state index >= 15 is 0 Å². The lowest BCUT2D eigenvalue weighted by Crippen LogP contribution is -2.57. The average molecular weight is 901 g/mol. The van der Waals surface area contributed by atoms with Crippen LogP contribution < -0.4 is 10.6 Å². The van der Waals surface area contributed by atoms with Gasteiger partial charge in [0.05, 0.1) is 14.2 Å². The molecule has 1 spiro atoms. The maximum atomic E-state index is 14.0. The Morgan fingerprint density at radius 3 is 1.57 bits per heavy atom. The molecule has 6 rings (SSSR count). The van der Waals surface area contributed by atoms with Gasteiger partial charge in [-0.1, -0.05) is 76.9 Å². The van der Waals surface area contributed by atoms with Crippen LogP contribution in [-0.2, 0) is 51.0 Å². The number of nitrogens with zero attached hydrogens (tertiary/aromatic N) is 2. The van der Waals surface area contributed by atoms with Crippen LogP contribution in [0.1, 0.15) is 124 Å². The Kier molecular flexibility index (Phi) is 16.1. The zero-order chi connectivity index (χ0) is 47.0. The number of fused-ring (bicyclic) bond motifs is 1. The number of nitrogens with one attached hydrogen (secondary N) is 2. The van der Waals surface area contributed by atoms with Gasteiger partial charge < -0.3 is 39.4 Å². The number of rotatable bonds is 15. The number of ether oxygens (including phenoxy) is 4. The fourth-order valence-corrected chi connectivity index (χ4v) is 10.0. The molecule has 2 N–H and O–H groups in total. The number of benzene rings is 2. The Labute approximate surface area is 380 Å². The molecule has 65 heavy (non-hydrogen) atoms. The molecule has 2 aliphatic heterocycles. The number of hydrogen-bond acceptors (Lipinski definition) is 12. The third-order valence-electron chi connectivity index (χ3n) is 13.6. The molecule has 3 fully saturated rings.